The maximum Gasteiger partial charge on any atom is 0.481 e. The van der Waals surface area contributed by atoms with Gasteiger partial charge in [-0.05, 0) is 6.42 Å². The molecular formula is C29H50N7O17P3S. The van der Waals surface area contributed by atoms with Crippen LogP contribution in [0.4, 0.5) is 5.82 Å². The molecule has 0 saturated carbocycles. The van der Waals surface area contributed by atoms with E-state index >= 15 is 0 Å². The van der Waals surface area contributed by atoms with E-state index in [0.29, 0.717) is 12.2 Å². The molecule has 2 aromatic heterocycles. The number of nitrogen functional groups attached to an aromatic ring is 1. The first-order chi connectivity index (χ1) is 26.6. The summed E-state index contributed by atoms with van der Waals surface area (Å²) in [4.78, 5) is 87.6. The number of hydrogen-bond acceptors (Lipinski definition) is 18. The van der Waals surface area contributed by atoms with Gasteiger partial charge in [-0.15, -0.1) is 0 Å². The van der Waals surface area contributed by atoms with Crippen molar-refractivity contribution in [3.05, 3.63) is 12.7 Å². The second kappa shape index (κ2) is 21.7. The van der Waals surface area contributed by atoms with Gasteiger partial charge in [0, 0.05) is 37.1 Å². The monoisotopic (exact) mass is 893 g/mol. The van der Waals surface area contributed by atoms with Crippen molar-refractivity contribution >= 4 is 69.1 Å². The van der Waals surface area contributed by atoms with E-state index in [1.807, 2.05) is 0 Å². The van der Waals surface area contributed by atoms with Gasteiger partial charge < -0.3 is 50.9 Å². The van der Waals surface area contributed by atoms with Crippen molar-refractivity contribution in [1.29, 1.82) is 0 Å². The predicted octanol–water partition coefficient (Wildman–Crippen LogP) is 1.03. The fraction of sp³-hybridized carbons (Fsp3) is 0.724. The van der Waals surface area contributed by atoms with Crippen LogP contribution in [0.3, 0.4) is 0 Å². The van der Waals surface area contributed by atoms with Gasteiger partial charge in [0.15, 0.2) is 22.8 Å². The highest BCUT2D eigenvalue weighted by atomic mass is 32.2. The van der Waals surface area contributed by atoms with E-state index in [0.717, 1.165) is 61.1 Å². The van der Waals surface area contributed by atoms with Crippen molar-refractivity contribution in [3.63, 3.8) is 0 Å². The molecule has 3 heterocycles. The Balaban J connectivity index is 1.45. The maximum absolute atomic E-state index is 12.7. The largest absolute Gasteiger partial charge is 0.481 e. The lowest BCUT2D eigenvalue weighted by molar-refractivity contribution is -0.137. The summed E-state index contributed by atoms with van der Waals surface area (Å²) in [7, 11) is -16.4. The number of nitrogens with two attached hydrogens (primary N) is 1. The highest BCUT2D eigenvalue weighted by Crippen LogP contribution is 2.61. The Morgan fingerprint density at radius 1 is 1.00 bits per heavy atom. The minimum atomic E-state index is -5.57. The minimum absolute atomic E-state index is 0.0325. The topological polar surface area (TPSA) is 364 Å². The number of aliphatic hydroxyl groups is 2. The number of phosphoric acid groups is 3. The molecule has 0 bridgehead atoms. The quantitative estimate of drug-likeness (QED) is 0.0496. The van der Waals surface area contributed by atoms with E-state index in [9.17, 15) is 57.9 Å². The minimum Gasteiger partial charge on any atom is -0.386 e. The summed E-state index contributed by atoms with van der Waals surface area (Å²) < 4.78 is 62.1. The van der Waals surface area contributed by atoms with Crippen molar-refractivity contribution in [2.24, 2.45) is 5.41 Å². The zero-order valence-electron chi connectivity index (χ0n) is 31.3. The Morgan fingerprint density at radius 2 is 1.68 bits per heavy atom. The van der Waals surface area contributed by atoms with Gasteiger partial charge in [-0.3, -0.25) is 32.5 Å². The van der Waals surface area contributed by atoms with E-state index in [1.54, 1.807) is 0 Å². The van der Waals surface area contributed by atoms with Gasteiger partial charge in [-0.25, -0.2) is 28.6 Å². The normalized spacial score (nSPS) is 21.5. The first kappa shape index (κ1) is 48.9. The molecule has 7 atom stereocenters. The van der Waals surface area contributed by atoms with Crippen LogP contribution < -0.4 is 16.4 Å². The molecule has 0 radical (unpaired) electrons. The number of imidazole rings is 1. The van der Waals surface area contributed by atoms with Crippen molar-refractivity contribution in [2.75, 3.05) is 37.8 Å². The number of aromatic nitrogens is 4. The number of hydrogen-bond donors (Lipinski definition) is 9. The number of thioether (sulfide) groups is 1. The molecule has 1 saturated heterocycles. The van der Waals surface area contributed by atoms with Crippen LogP contribution in [0.15, 0.2) is 12.7 Å². The summed E-state index contributed by atoms with van der Waals surface area (Å²) in [5.74, 6) is -1.03. The van der Waals surface area contributed by atoms with Crippen LogP contribution >= 0.6 is 35.2 Å². The van der Waals surface area contributed by atoms with E-state index < -0.39 is 84.6 Å². The number of anilines is 1. The highest BCUT2D eigenvalue weighted by molar-refractivity contribution is 8.13. The fourth-order valence-corrected chi connectivity index (χ4v) is 8.79. The number of phosphoric ester groups is 3. The van der Waals surface area contributed by atoms with Crippen molar-refractivity contribution < 1.29 is 80.5 Å². The molecule has 24 nitrogen and oxygen atoms in total. The van der Waals surface area contributed by atoms with Crippen LogP contribution in [0, 0.1) is 5.41 Å². The number of nitrogens with zero attached hydrogens (tertiary/aromatic N) is 4. The van der Waals surface area contributed by atoms with Crippen LogP contribution in [-0.4, -0.2) is 123 Å². The molecule has 57 heavy (non-hydrogen) atoms. The number of carbonyl (C=O) groups excluding carboxylic acids is 3. The molecule has 324 valence electrons. The zero-order chi connectivity index (χ0) is 42.6. The lowest BCUT2D eigenvalue weighted by atomic mass is 9.87. The van der Waals surface area contributed by atoms with Crippen molar-refractivity contribution in [2.45, 2.75) is 96.4 Å². The summed E-state index contributed by atoms with van der Waals surface area (Å²) in [6.45, 7) is 2.67. The summed E-state index contributed by atoms with van der Waals surface area (Å²) in [5.41, 5.74) is 4.27. The average Bonchev–Trinajstić information content (AvgIpc) is 3.68. The van der Waals surface area contributed by atoms with Gasteiger partial charge >= 0.3 is 23.5 Å². The Bertz CT molecular complexity index is 1820. The van der Waals surface area contributed by atoms with Crippen LogP contribution in [0.25, 0.3) is 11.2 Å². The van der Waals surface area contributed by atoms with Gasteiger partial charge in [0.25, 0.3) is 0 Å². The maximum atomic E-state index is 12.7. The third-order valence-corrected chi connectivity index (χ3v) is 12.3. The fourth-order valence-electron chi connectivity index (χ4n) is 5.24. The van der Waals surface area contributed by atoms with E-state index in [2.05, 4.69) is 41.3 Å². The van der Waals surface area contributed by atoms with Gasteiger partial charge in [0.1, 0.15) is 36.3 Å². The number of fused-ring (bicyclic) bond motifs is 1. The van der Waals surface area contributed by atoms with Gasteiger partial charge in [0.05, 0.1) is 19.5 Å². The van der Waals surface area contributed by atoms with Crippen molar-refractivity contribution in [3.8, 4) is 0 Å². The standard InChI is InChI=1S/C29H50N7O17P3S/c1-4-5-6-7-8-9-20(38)57-13-12-31-19(37)10-11-32-27(41)24(40)29(2,3)15-50-56(47,48)53-55(45,46)49-14-18-23(52-54(42,43)44)22(39)28(51-18)36-17-35-21-25(30)33-16-34-26(21)36/h16-18,22-24,28,39-40H,4-15H2,1-3H3,(H,31,37)(H,32,41)(H,45,46)(H,47,48)(H2,30,33,34)(H2,42,43,44). The second-order valence-electron chi connectivity index (χ2n) is 13.5. The molecule has 1 aliphatic rings. The number of carbonyl (C=O) groups is 3. The van der Waals surface area contributed by atoms with Crippen LogP contribution in [0.1, 0.15) is 71.9 Å². The Labute approximate surface area is 331 Å². The molecule has 2 aromatic rings. The summed E-state index contributed by atoms with van der Waals surface area (Å²) >= 11 is 1.13. The lowest BCUT2D eigenvalue weighted by Gasteiger charge is -2.30. The first-order valence-corrected chi connectivity index (χ1v) is 23.1. The number of amides is 2. The van der Waals surface area contributed by atoms with E-state index in [-0.39, 0.29) is 41.6 Å². The van der Waals surface area contributed by atoms with Crippen LogP contribution in [0.2, 0.25) is 0 Å². The molecule has 0 aromatic carbocycles. The molecule has 0 aliphatic carbocycles. The summed E-state index contributed by atoms with van der Waals surface area (Å²) in [5, 5.41) is 26.5. The molecule has 28 heteroatoms. The second-order valence-corrected chi connectivity index (χ2v) is 18.8. The number of aliphatic hydroxyl groups excluding tert-OH is 2. The van der Waals surface area contributed by atoms with E-state index in [4.69, 9.17) is 19.5 Å². The highest BCUT2D eigenvalue weighted by Gasteiger charge is 2.50. The van der Waals surface area contributed by atoms with Crippen LogP contribution in [0.5, 0.6) is 0 Å². The third-order valence-electron chi connectivity index (χ3n) is 8.25. The smallest absolute Gasteiger partial charge is 0.386 e. The number of unbranched alkanes of at least 4 members (excludes halogenated alkanes) is 4. The lowest BCUT2D eigenvalue weighted by Crippen LogP contribution is -2.46. The molecule has 1 fully saturated rings. The number of ether oxygens (including phenoxy) is 1. The van der Waals surface area contributed by atoms with Gasteiger partial charge in [-0.1, -0.05) is 58.2 Å². The van der Waals surface area contributed by atoms with Gasteiger partial charge in [0.2, 0.25) is 11.8 Å². The SMILES string of the molecule is CCCCCCCC(=O)SCCNC(=O)CCNC(=O)C(O)C(C)(C)COP(=O)(O)OP(=O)(O)OCC1OC(n2cnc3c(N)ncnc32)C(O)C1OP(=O)(O)O. The summed E-state index contributed by atoms with van der Waals surface area (Å²) in [6.07, 6.45) is -1.22. The number of rotatable bonds is 25. The molecule has 3 rings (SSSR count). The predicted molar refractivity (Wildman–Crippen MR) is 200 cm³/mol. The Morgan fingerprint density at radius 3 is 2.37 bits per heavy atom. The molecule has 7 unspecified atom stereocenters. The van der Waals surface area contributed by atoms with E-state index in [1.165, 1.54) is 13.8 Å². The molecule has 2 amide bonds. The number of nitrogens with one attached hydrogen (secondary N) is 2. The van der Waals surface area contributed by atoms with Gasteiger partial charge in [-0.2, -0.15) is 4.31 Å². The zero-order valence-corrected chi connectivity index (χ0v) is 34.8. The molecule has 0 spiro atoms. The van der Waals surface area contributed by atoms with Crippen LogP contribution in [-0.2, 0) is 50.7 Å². The third kappa shape index (κ3) is 15.9. The molecule has 10 N–H and O–H groups in total. The summed E-state index contributed by atoms with van der Waals surface area (Å²) in [6, 6.07) is 0. The van der Waals surface area contributed by atoms with Crippen molar-refractivity contribution in [1.82, 2.24) is 30.2 Å². The Kier molecular flexibility index (Phi) is 18.6. The average molecular weight is 894 g/mol. The first-order valence-electron chi connectivity index (χ1n) is 17.6. The molecular weight excluding hydrogens is 843 g/mol. The Hall–Kier alpha value is -2.44. The molecule has 1 aliphatic heterocycles.